The molecule has 0 aliphatic carbocycles. The third kappa shape index (κ3) is 2.99. The van der Waals surface area contributed by atoms with E-state index in [9.17, 15) is 4.79 Å². The molecular formula is C15H22ClN3O2. The van der Waals surface area contributed by atoms with Gasteiger partial charge < -0.3 is 15.0 Å². The fourth-order valence-corrected chi connectivity index (χ4v) is 3.21. The van der Waals surface area contributed by atoms with Gasteiger partial charge in [-0.3, -0.25) is 0 Å². The van der Waals surface area contributed by atoms with Gasteiger partial charge in [-0.15, -0.1) is 12.4 Å². The Morgan fingerprint density at radius 1 is 1.43 bits per heavy atom. The molecule has 116 valence electrons. The second-order valence-electron chi connectivity index (χ2n) is 5.96. The molecule has 0 saturated carbocycles. The van der Waals surface area contributed by atoms with Gasteiger partial charge in [-0.25, -0.2) is 9.78 Å². The Morgan fingerprint density at radius 3 is 2.81 bits per heavy atom. The van der Waals surface area contributed by atoms with E-state index < -0.39 is 0 Å². The van der Waals surface area contributed by atoms with Crippen molar-refractivity contribution in [3.63, 3.8) is 0 Å². The number of carbonyl (C=O) groups is 1. The quantitative estimate of drug-likeness (QED) is 0.844. The fourth-order valence-electron chi connectivity index (χ4n) is 3.21. The van der Waals surface area contributed by atoms with Crippen LogP contribution in [0.3, 0.4) is 0 Å². The molecule has 6 heteroatoms. The van der Waals surface area contributed by atoms with E-state index in [2.05, 4.69) is 15.2 Å². The summed E-state index contributed by atoms with van der Waals surface area (Å²) in [6, 6.07) is 3.68. The van der Waals surface area contributed by atoms with Crippen molar-refractivity contribution in [3.8, 4) is 0 Å². The largest absolute Gasteiger partial charge is 0.464 e. The third-order valence-corrected chi connectivity index (χ3v) is 4.43. The molecule has 1 aromatic rings. The first-order valence-corrected chi connectivity index (χ1v) is 7.15. The number of ether oxygens (including phenoxy) is 1. The van der Waals surface area contributed by atoms with E-state index in [0.29, 0.717) is 11.1 Å². The smallest absolute Gasteiger partial charge is 0.356 e. The van der Waals surface area contributed by atoms with Crippen molar-refractivity contribution < 1.29 is 9.53 Å². The second kappa shape index (κ2) is 6.20. The van der Waals surface area contributed by atoms with Crippen LogP contribution in [0.2, 0.25) is 0 Å². The molecule has 0 unspecified atom stereocenters. The van der Waals surface area contributed by atoms with Gasteiger partial charge in [0, 0.05) is 31.6 Å². The number of methoxy groups -OCH3 is 1. The Kier molecular flexibility index (Phi) is 4.74. The topological polar surface area (TPSA) is 54.5 Å². The lowest BCUT2D eigenvalue weighted by molar-refractivity contribution is 0.0594. The normalized spacial score (nSPS) is 19.6. The van der Waals surface area contributed by atoms with Crippen molar-refractivity contribution in [1.82, 2.24) is 10.3 Å². The molecule has 0 atom stereocenters. The van der Waals surface area contributed by atoms with Gasteiger partial charge >= 0.3 is 5.97 Å². The zero-order valence-corrected chi connectivity index (χ0v) is 13.3. The van der Waals surface area contributed by atoms with E-state index >= 15 is 0 Å². The number of hydrogen-bond acceptors (Lipinski definition) is 5. The molecule has 2 saturated heterocycles. The van der Waals surface area contributed by atoms with Gasteiger partial charge in [0.05, 0.1) is 7.11 Å². The average molecular weight is 312 g/mol. The van der Waals surface area contributed by atoms with Crippen molar-refractivity contribution in [2.24, 2.45) is 5.41 Å². The summed E-state index contributed by atoms with van der Waals surface area (Å²) in [6.45, 7) is 6.28. The lowest BCUT2D eigenvalue weighted by atomic mass is 9.75. The molecule has 5 nitrogen and oxygen atoms in total. The summed E-state index contributed by atoms with van der Waals surface area (Å²) in [5, 5.41) is 3.38. The van der Waals surface area contributed by atoms with E-state index in [4.69, 9.17) is 4.74 Å². The number of nitrogens with one attached hydrogen (secondary N) is 1. The Bertz CT molecular complexity index is 532. The summed E-state index contributed by atoms with van der Waals surface area (Å²) < 4.78 is 4.76. The monoisotopic (exact) mass is 311 g/mol. The highest BCUT2D eigenvalue weighted by Crippen LogP contribution is 2.35. The minimum absolute atomic E-state index is 0. The van der Waals surface area contributed by atoms with Gasteiger partial charge in [-0.05, 0) is 31.4 Å². The molecule has 2 fully saturated rings. The Morgan fingerprint density at radius 2 is 2.19 bits per heavy atom. The van der Waals surface area contributed by atoms with E-state index in [1.807, 2.05) is 13.0 Å². The Balaban J connectivity index is 0.00000161. The number of anilines is 1. The van der Waals surface area contributed by atoms with Gasteiger partial charge in [-0.1, -0.05) is 6.07 Å². The number of esters is 1. The predicted octanol–water partition coefficient (Wildman–Crippen LogP) is 1.79. The summed E-state index contributed by atoms with van der Waals surface area (Å²) in [5.74, 6) is 0.558. The molecule has 1 N–H and O–H groups in total. The Labute approximate surface area is 131 Å². The maximum Gasteiger partial charge on any atom is 0.356 e. The first-order chi connectivity index (χ1) is 9.63. The summed E-state index contributed by atoms with van der Waals surface area (Å²) in [5.41, 5.74) is 1.91. The number of hydrogen-bond donors (Lipinski definition) is 1. The number of rotatable bonds is 2. The number of nitrogens with zero attached hydrogens (tertiary/aromatic N) is 2. The maximum absolute atomic E-state index is 11.6. The predicted molar refractivity (Wildman–Crippen MR) is 84.3 cm³/mol. The molecule has 0 aromatic carbocycles. The van der Waals surface area contributed by atoms with Crippen LogP contribution in [0.4, 0.5) is 5.82 Å². The number of carbonyl (C=O) groups excluding carboxylic acids is 1. The lowest BCUT2D eigenvalue weighted by Gasteiger charge is -2.49. The highest BCUT2D eigenvalue weighted by Gasteiger charge is 2.41. The zero-order chi connectivity index (χ0) is 14.2. The van der Waals surface area contributed by atoms with Crippen molar-refractivity contribution in [1.29, 1.82) is 0 Å². The highest BCUT2D eigenvalue weighted by atomic mass is 35.5. The maximum atomic E-state index is 11.6. The Hall–Kier alpha value is -1.33. The van der Waals surface area contributed by atoms with Crippen molar-refractivity contribution in [2.75, 3.05) is 38.2 Å². The number of halogens is 1. The second-order valence-corrected chi connectivity index (χ2v) is 5.96. The molecule has 1 aromatic heterocycles. The number of aryl methyl sites for hydroxylation is 1. The fraction of sp³-hybridized carbons (Fsp3) is 0.600. The molecule has 1 spiro atoms. The zero-order valence-electron chi connectivity index (χ0n) is 12.5. The molecule has 2 aliphatic rings. The van der Waals surface area contributed by atoms with Crippen LogP contribution in [-0.4, -0.2) is 44.2 Å². The lowest BCUT2D eigenvalue weighted by Crippen LogP contribution is -2.61. The first kappa shape index (κ1) is 16.0. The third-order valence-electron chi connectivity index (χ3n) is 4.43. The van der Waals surface area contributed by atoms with E-state index in [-0.39, 0.29) is 18.4 Å². The summed E-state index contributed by atoms with van der Waals surface area (Å²) in [4.78, 5) is 18.5. The van der Waals surface area contributed by atoms with Gasteiger partial charge in [0.25, 0.3) is 0 Å². The minimum Gasteiger partial charge on any atom is -0.464 e. The first-order valence-electron chi connectivity index (χ1n) is 7.15. The molecule has 0 amide bonds. The van der Waals surface area contributed by atoms with Crippen LogP contribution < -0.4 is 10.2 Å². The molecule has 3 rings (SSSR count). The summed E-state index contributed by atoms with van der Waals surface area (Å²) in [7, 11) is 1.39. The van der Waals surface area contributed by atoms with E-state index in [0.717, 1.165) is 37.6 Å². The molecule has 21 heavy (non-hydrogen) atoms. The van der Waals surface area contributed by atoms with Crippen LogP contribution in [0, 0.1) is 12.3 Å². The standard InChI is InChI=1S/C15H21N3O2.ClH/c1-11-4-5-12(14(19)20-2)17-13(11)18-7-3-6-15(10-18)8-16-9-15;/h4-5,16H,3,6-10H2,1-2H3;1H. The molecular weight excluding hydrogens is 290 g/mol. The van der Waals surface area contributed by atoms with E-state index in [1.165, 1.54) is 20.0 Å². The van der Waals surface area contributed by atoms with Gasteiger partial charge in [0.1, 0.15) is 5.82 Å². The van der Waals surface area contributed by atoms with Crippen LogP contribution in [0.25, 0.3) is 0 Å². The van der Waals surface area contributed by atoms with Crippen LogP contribution >= 0.6 is 12.4 Å². The van der Waals surface area contributed by atoms with Gasteiger partial charge in [0.15, 0.2) is 5.69 Å². The average Bonchev–Trinajstić information content (AvgIpc) is 2.45. The highest BCUT2D eigenvalue weighted by molar-refractivity contribution is 5.87. The van der Waals surface area contributed by atoms with Crippen LogP contribution in [0.15, 0.2) is 12.1 Å². The van der Waals surface area contributed by atoms with Gasteiger partial charge in [0.2, 0.25) is 0 Å². The summed E-state index contributed by atoms with van der Waals surface area (Å²) >= 11 is 0. The minimum atomic E-state index is -0.372. The number of pyridine rings is 1. The molecule has 0 radical (unpaired) electrons. The van der Waals surface area contributed by atoms with Crippen LogP contribution in [0.5, 0.6) is 0 Å². The SMILES string of the molecule is COC(=O)c1ccc(C)c(N2CCCC3(CNC3)C2)n1.Cl. The molecule has 3 heterocycles. The number of piperidine rings is 1. The summed E-state index contributed by atoms with van der Waals surface area (Å²) in [6.07, 6.45) is 2.47. The van der Waals surface area contributed by atoms with E-state index in [1.54, 1.807) is 6.07 Å². The molecule has 2 aliphatic heterocycles. The van der Waals surface area contributed by atoms with Crippen molar-refractivity contribution in [3.05, 3.63) is 23.4 Å². The number of aromatic nitrogens is 1. The molecule has 0 bridgehead atoms. The van der Waals surface area contributed by atoms with Crippen molar-refractivity contribution >= 4 is 24.2 Å². The van der Waals surface area contributed by atoms with Crippen molar-refractivity contribution in [2.45, 2.75) is 19.8 Å². The van der Waals surface area contributed by atoms with Gasteiger partial charge in [-0.2, -0.15) is 0 Å². The van der Waals surface area contributed by atoms with Crippen LogP contribution in [-0.2, 0) is 4.74 Å². The van der Waals surface area contributed by atoms with Crippen LogP contribution in [0.1, 0.15) is 28.9 Å².